The molecule has 2 aromatic rings. The lowest BCUT2D eigenvalue weighted by molar-refractivity contribution is 0.104. The predicted molar refractivity (Wildman–Crippen MR) is 87.0 cm³/mol. The third-order valence-corrected chi connectivity index (χ3v) is 4.19. The quantitative estimate of drug-likeness (QED) is 0.651. The molecule has 0 amide bonds. The lowest BCUT2D eigenvalue weighted by Gasteiger charge is -1.99. The van der Waals surface area contributed by atoms with Gasteiger partial charge >= 0.3 is 0 Å². The smallest absolute Gasteiger partial charge is 0.205 e. The molecule has 0 saturated heterocycles. The number of halogens is 1. The van der Waals surface area contributed by atoms with E-state index in [4.69, 9.17) is 17.3 Å². The van der Waals surface area contributed by atoms with E-state index in [1.807, 2.05) is 6.07 Å². The zero-order valence-corrected chi connectivity index (χ0v) is 12.6. The Morgan fingerprint density at radius 1 is 1.48 bits per heavy atom. The highest BCUT2D eigenvalue weighted by Crippen LogP contribution is 2.36. The first-order chi connectivity index (χ1) is 10.1. The first-order valence-electron chi connectivity index (χ1n) is 6.06. The standard InChI is InChI=1S/C15H12ClN3OS/c1-2-7-19-15-11(8-17)12(18)14(21-15)13(20)9-3-5-10(16)6-4-9/h2-6,19H,1,7,18H2. The molecule has 21 heavy (non-hydrogen) atoms. The number of anilines is 2. The molecule has 4 nitrogen and oxygen atoms in total. The minimum Gasteiger partial charge on any atom is -0.396 e. The Hall–Kier alpha value is -2.29. The topological polar surface area (TPSA) is 78.9 Å². The number of benzene rings is 1. The highest BCUT2D eigenvalue weighted by Gasteiger charge is 2.21. The summed E-state index contributed by atoms with van der Waals surface area (Å²) < 4.78 is 0. The van der Waals surface area contributed by atoms with Crippen molar-refractivity contribution in [2.24, 2.45) is 0 Å². The van der Waals surface area contributed by atoms with Crippen LogP contribution in [0, 0.1) is 11.3 Å². The molecule has 0 radical (unpaired) electrons. The molecule has 0 fully saturated rings. The Bertz CT molecular complexity index is 729. The van der Waals surface area contributed by atoms with Gasteiger partial charge in [-0.15, -0.1) is 17.9 Å². The van der Waals surface area contributed by atoms with Crippen LogP contribution in [0.15, 0.2) is 36.9 Å². The molecule has 3 N–H and O–H groups in total. The van der Waals surface area contributed by atoms with Crippen molar-refractivity contribution in [1.82, 2.24) is 0 Å². The summed E-state index contributed by atoms with van der Waals surface area (Å²) in [6, 6.07) is 8.57. The number of ketones is 1. The Kier molecular flexibility index (Phi) is 4.63. The van der Waals surface area contributed by atoms with Gasteiger partial charge in [-0.25, -0.2) is 0 Å². The van der Waals surface area contributed by atoms with Crippen LogP contribution in [0.4, 0.5) is 10.7 Å². The van der Waals surface area contributed by atoms with Crippen molar-refractivity contribution in [2.45, 2.75) is 0 Å². The highest BCUT2D eigenvalue weighted by molar-refractivity contribution is 7.19. The van der Waals surface area contributed by atoms with Crippen LogP contribution in [0.5, 0.6) is 0 Å². The SMILES string of the molecule is C=CCNc1sc(C(=O)c2ccc(Cl)cc2)c(N)c1C#N. The number of carbonyl (C=O) groups is 1. The molecule has 0 unspecified atom stereocenters. The first-order valence-corrected chi connectivity index (χ1v) is 7.25. The van der Waals surface area contributed by atoms with Gasteiger partial charge in [0, 0.05) is 17.1 Å². The predicted octanol–water partition coefficient (Wildman–Crippen LogP) is 3.68. The molecule has 0 aliphatic heterocycles. The van der Waals surface area contributed by atoms with E-state index in [0.717, 1.165) is 0 Å². The second-order valence-electron chi connectivity index (χ2n) is 4.17. The summed E-state index contributed by atoms with van der Waals surface area (Å²) in [5.74, 6) is -0.225. The van der Waals surface area contributed by atoms with Crippen LogP contribution in [0.3, 0.4) is 0 Å². The van der Waals surface area contributed by atoms with E-state index >= 15 is 0 Å². The molecule has 0 bridgehead atoms. The number of carbonyl (C=O) groups excluding carboxylic acids is 1. The summed E-state index contributed by atoms with van der Waals surface area (Å²) in [4.78, 5) is 12.8. The molecule has 0 spiro atoms. The van der Waals surface area contributed by atoms with Gasteiger partial charge in [-0.3, -0.25) is 4.79 Å². The Morgan fingerprint density at radius 2 is 2.14 bits per heavy atom. The van der Waals surface area contributed by atoms with E-state index in [2.05, 4.69) is 11.9 Å². The highest BCUT2D eigenvalue weighted by atomic mass is 35.5. The van der Waals surface area contributed by atoms with Gasteiger partial charge in [0.2, 0.25) is 5.78 Å². The molecule has 0 aliphatic carbocycles. The van der Waals surface area contributed by atoms with E-state index in [0.29, 0.717) is 32.6 Å². The summed E-state index contributed by atoms with van der Waals surface area (Å²) in [6.07, 6.45) is 1.66. The molecule has 6 heteroatoms. The number of hydrogen-bond acceptors (Lipinski definition) is 5. The van der Waals surface area contributed by atoms with Crippen molar-refractivity contribution in [1.29, 1.82) is 5.26 Å². The lowest BCUT2D eigenvalue weighted by atomic mass is 10.1. The number of nitrogens with two attached hydrogens (primary N) is 1. The van der Waals surface area contributed by atoms with Crippen LogP contribution in [0.1, 0.15) is 20.8 Å². The van der Waals surface area contributed by atoms with E-state index in [1.54, 1.807) is 30.3 Å². The van der Waals surface area contributed by atoms with Gasteiger partial charge in [0.15, 0.2) is 0 Å². The first kappa shape index (κ1) is 15.1. The fourth-order valence-corrected chi connectivity index (χ4v) is 2.91. The molecule has 1 aromatic heterocycles. The largest absolute Gasteiger partial charge is 0.396 e. The van der Waals surface area contributed by atoms with E-state index < -0.39 is 0 Å². The van der Waals surface area contributed by atoms with Crippen LogP contribution < -0.4 is 11.1 Å². The number of nitrogens with one attached hydrogen (secondary N) is 1. The second kappa shape index (κ2) is 6.44. The molecule has 2 rings (SSSR count). The van der Waals surface area contributed by atoms with Gasteiger partial charge in [-0.1, -0.05) is 17.7 Å². The fraction of sp³-hybridized carbons (Fsp3) is 0.0667. The lowest BCUT2D eigenvalue weighted by Crippen LogP contribution is -2.02. The third kappa shape index (κ3) is 3.07. The normalized spacial score (nSPS) is 9.90. The molecule has 0 saturated carbocycles. The zero-order valence-electron chi connectivity index (χ0n) is 11.0. The molecule has 1 heterocycles. The van der Waals surface area contributed by atoms with Crippen molar-refractivity contribution < 1.29 is 4.79 Å². The molecule has 1 aromatic carbocycles. The van der Waals surface area contributed by atoms with Crippen LogP contribution in [-0.2, 0) is 0 Å². The number of rotatable bonds is 5. The summed E-state index contributed by atoms with van der Waals surface area (Å²) in [5, 5.41) is 13.3. The summed E-state index contributed by atoms with van der Waals surface area (Å²) in [6.45, 7) is 4.09. The van der Waals surface area contributed by atoms with Gasteiger partial charge in [0.1, 0.15) is 21.5 Å². The molecule has 106 valence electrons. The maximum Gasteiger partial charge on any atom is 0.205 e. The Morgan fingerprint density at radius 3 is 2.71 bits per heavy atom. The number of nitriles is 1. The van der Waals surface area contributed by atoms with Gasteiger partial charge in [-0.05, 0) is 24.3 Å². The van der Waals surface area contributed by atoms with Crippen molar-refractivity contribution in [3.05, 3.63) is 57.9 Å². The fourth-order valence-electron chi connectivity index (χ4n) is 1.75. The molecule has 0 atom stereocenters. The Labute approximate surface area is 131 Å². The van der Waals surface area contributed by atoms with Crippen molar-refractivity contribution in [3.63, 3.8) is 0 Å². The van der Waals surface area contributed by atoms with Crippen LogP contribution in [0.2, 0.25) is 5.02 Å². The number of nitrogen functional groups attached to an aromatic ring is 1. The zero-order chi connectivity index (χ0) is 15.4. The number of nitrogens with zero attached hydrogens (tertiary/aromatic N) is 1. The summed E-state index contributed by atoms with van der Waals surface area (Å²) >= 11 is 6.98. The third-order valence-electron chi connectivity index (χ3n) is 2.78. The minimum atomic E-state index is -0.225. The molecular formula is C15H12ClN3OS. The molecular weight excluding hydrogens is 306 g/mol. The van der Waals surface area contributed by atoms with Crippen molar-refractivity contribution in [2.75, 3.05) is 17.6 Å². The van der Waals surface area contributed by atoms with Crippen molar-refractivity contribution >= 4 is 39.4 Å². The summed E-state index contributed by atoms with van der Waals surface area (Å²) in [5.41, 5.74) is 6.90. The van der Waals surface area contributed by atoms with E-state index in [9.17, 15) is 10.1 Å². The Balaban J connectivity index is 2.42. The summed E-state index contributed by atoms with van der Waals surface area (Å²) in [7, 11) is 0. The number of thiophene rings is 1. The average molecular weight is 318 g/mol. The van der Waals surface area contributed by atoms with Crippen molar-refractivity contribution in [3.8, 4) is 6.07 Å². The van der Waals surface area contributed by atoms with Gasteiger partial charge < -0.3 is 11.1 Å². The van der Waals surface area contributed by atoms with Gasteiger partial charge in [0.25, 0.3) is 0 Å². The van der Waals surface area contributed by atoms with Crippen LogP contribution in [-0.4, -0.2) is 12.3 Å². The van der Waals surface area contributed by atoms with Gasteiger partial charge in [0.05, 0.1) is 5.69 Å². The van der Waals surface area contributed by atoms with E-state index in [-0.39, 0.29) is 11.5 Å². The number of hydrogen-bond donors (Lipinski definition) is 2. The minimum absolute atomic E-state index is 0.203. The molecule has 0 aliphatic rings. The van der Waals surface area contributed by atoms with Crippen LogP contribution in [0.25, 0.3) is 0 Å². The second-order valence-corrected chi connectivity index (χ2v) is 5.62. The monoisotopic (exact) mass is 317 g/mol. The van der Waals surface area contributed by atoms with E-state index in [1.165, 1.54) is 11.3 Å². The average Bonchev–Trinajstić information content (AvgIpc) is 2.81. The van der Waals surface area contributed by atoms with Crippen LogP contribution >= 0.6 is 22.9 Å². The van der Waals surface area contributed by atoms with Gasteiger partial charge in [-0.2, -0.15) is 5.26 Å². The maximum absolute atomic E-state index is 12.5. The maximum atomic E-state index is 12.5.